The first-order valence-corrected chi connectivity index (χ1v) is 5.62. The Hall–Kier alpha value is -1.21. The minimum Gasteiger partial charge on any atom is -0.372 e. The summed E-state index contributed by atoms with van der Waals surface area (Å²) in [5.74, 6) is -1.18. The molecule has 0 amide bonds. The van der Waals surface area contributed by atoms with E-state index in [0.29, 0.717) is 0 Å². The van der Waals surface area contributed by atoms with Crippen LogP contribution in [0.15, 0.2) is 18.2 Å². The van der Waals surface area contributed by atoms with Crippen molar-refractivity contribution in [3.8, 4) is 0 Å². The van der Waals surface area contributed by atoms with Crippen molar-refractivity contribution < 1.29 is 26.7 Å². The number of hydrogen-bond donors (Lipinski definition) is 1. The van der Waals surface area contributed by atoms with E-state index >= 15 is 0 Å². The first-order valence-electron chi connectivity index (χ1n) is 5.62. The molecule has 0 saturated carbocycles. The van der Waals surface area contributed by atoms with Crippen molar-refractivity contribution in [1.29, 1.82) is 0 Å². The van der Waals surface area contributed by atoms with E-state index in [1.807, 2.05) is 0 Å². The van der Waals surface area contributed by atoms with Gasteiger partial charge < -0.3 is 10.5 Å². The summed E-state index contributed by atoms with van der Waals surface area (Å²) in [7, 11) is 0. The standard InChI is InChI=1S/C12H14F5NO/c13-9-1-2-11(14)8(5-9)6-10(18)3-4-19-7-12(15,16)17/h1-2,5,10H,3-4,6-7,18H2. The Morgan fingerprint density at radius 1 is 1.21 bits per heavy atom. The molecule has 2 nitrogen and oxygen atoms in total. The molecule has 0 aliphatic rings. The van der Waals surface area contributed by atoms with Crippen LogP contribution >= 0.6 is 0 Å². The molecule has 0 saturated heterocycles. The first-order chi connectivity index (χ1) is 8.78. The van der Waals surface area contributed by atoms with Gasteiger partial charge in [0.05, 0.1) is 0 Å². The molecule has 1 rings (SSSR count). The third-order valence-electron chi connectivity index (χ3n) is 2.39. The highest BCUT2D eigenvalue weighted by Gasteiger charge is 2.27. The number of halogens is 5. The van der Waals surface area contributed by atoms with Crippen molar-refractivity contribution in [2.24, 2.45) is 5.73 Å². The van der Waals surface area contributed by atoms with E-state index in [2.05, 4.69) is 4.74 Å². The van der Waals surface area contributed by atoms with Crippen molar-refractivity contribution >= 4 is 0 Å². The molecule has 1 aromatic rings. The van der Waals surface area contributed by atoms with E-state index in [0.717, 1.165) is 18.2 Å². The highest BCUT2D eigenvalue weighted by Crippen LogP contribution is 2.15. The SMILES string of the molecule is NC(CCOCC(F)(F)F)Cc1cc(F)ccc1F. The first kappa shape index (κ1) is 15.8. The lowest BCUT2D eigenvalue weighted by Crippen LogP contribution is -2.26. The average Bonchev–Trinajstić information content (AvgIpc) is 2.28. The predicted octanol–water partition coefficient (Wildman–Crippen LogP) is 2.80. The van der Waals surface area contributed by atoms with Crippen molar-refractivity contribution in [3.63, 3.8) is 0 Å². The fourth-order valence-electron chi connectivity index (χ4n) is 1.51. The summed E-state index contributed by atoms with van der Waals surface area (Å²) in [5.41, 5.74) is 5.72. The van der Waals surface area contributed by atoms with Gasteiger partial charge in [-0.2, -0.15) is 13.2 Å². The van der Waals surface area contributed by atoms with E-state index in [1.165, 1.54) is 0 Å². The Bertz CT molecular complexity index is 408. The Balaban J connectivity index is 2.35. The topological polar surface area (TPSA) is 35.2 Å². The Labute approximate surface area is 107 Å². The fourth-order valence-corrected chi connectivity index (χ4v) is 1.51. The molecule has 0 spiro atoms. The van der Waals surface area contributed by atoms with Crippen molar-refractivity contribution in [2.75, 3.05) is 13.2 Å². The van der Waals surface area contributed by atoms with E-state index in [4.69, 9.17) is 5.73 Å². The largest absolute Gasteiger partial charge is 0.411 e. The molecule has 0 aromatic heterocycles. The summed E-state index contributed by atoms with van der Waals surface area (Å²) in [4.78, 5) is 0. The smallest absolute Gasteiger partial charge is 0.372 e. The Morgan fingerprint density at radius 2 is 1.89 bits per heavy atom. The van der Waals surface area contributed by atoms with Crippen LogP contribution in [0.25, 0.3) is 0 Å². The molecule has 0 fully saturated rings. The summed E-state index contributed by atoms with van der Waals surface area (Å²) >= 11 is 0. The van der Waals surface area contributed by atoms with E-state index in [-0.39, 0.29) is 25.0 Å². The monoisotopic (exact) mass is 283 g/mol. The van der Waals surface area contributed by atoms with Crippen LogP contribution in [0, 0.1) is 11.6 Å². The average molecular weight is 283 g/mol. The van der Waals surface area contributed by atoms with Crippen molar-refractivity contribution in [2.45, 2.75) is 25.1 Å². The summed E-state index contributed by atoms with van der Waals surface area (Å²) < 4.78 is 65.9. The highest BCUT2D eigenvalue weighted by atomic mass is 19.4. The number of nitrogens with two attached hydrogens (primary N) is 1. The highest BCUT2D eigenvalue weighted by molar-refractivity contribution is 5.19. The van der Waals surface area contributed by atoms with Gasteiger partial charge in [0.15, 0.2) is 0 Å². The molecular formula is C12H14F5NO. The van der Waals surface area contributed by atoms with Crippen LogP contribution in [-0.4, -0.2) is 25.4 Å². The van der Waals surface area contributed by atoms with Gasteiger partial charge in [0.25, 0.3) is 0 Å². The second kappa shape index (κ2) is 6.81. The van der Waals surface area contributed by atoms with Crippen LogP contribution in [0.2, 0.25) is 0 Å². The molecular weight excluding hydrogens is 269 g/mol. The predicted molar refractivity (Wildman–Crippen MR) is 59.5 cm³/mol. The normalized spacial score (nSPS) is 13.6. The van der Waals surface area contributed by atoms with Crippen molar-refractivity contribution in [1.82, 2.24) is 0 Å². The number of alkyl halides is 3. The lowest BCUT2D eigenvalue weighted by molar-refractivity contribution is -0.174. The Kier molecular flexibility index (Phi) is 5.68. The molecule has 7 heteroatoms. The summed E-state index contributed by atoms with van der Waals surface area (Å²) in [5, 5.41) is 0. The van der Waals surface area contributed by atoms with Gasteiger partial charge in [-0.3, -0.25) is 0 Å². The third-order valence-corrected chi connectivity index (χ3v) is 2.39. The second-order valence-corrected chi connectivity index (χ2v) is 4.16. The molecule has 2 N–H and O–H groups in total. The van der Waals surface area contributed by atoms with E-state index < -0.39 is 30.5 Å². The van der Waals surface area contributed by atoms with Crippen LogP contribution in [0.1, 0.15) is 12.0 Å². The zero-order valence-corrected chi connectivity index (χ0v) is 10.0. The zero-order valence-electron chi connectivity index (χ0n) is 10.0. The van der Waals surface area contributed by atoms with E-state index in [9.17, 15) is 22.0 Å². The molecule has 1 aromatic carbocycles. The fraction of sp³-hybridized carbons (Fsp3) is 0.500. The molecule has 0 radical (unpaired) electrons. The maximum absolute atomic E-state index is 13.3. The van der Waals surface area contributed by atoms with Crippen LogP contribution in [0.3, 0.4) is 0 Å². The van der Waals surface area contributed by atoms with Gasteiger partial charge in [0, 0.05) is 12.6 Å². The maximum atomic E-state index is 13.3. The van der Waals surface area contributed by atoms with Crippen LogP contribution in [0.5, 0.6) is 0 Å². The summed E-state index contributed by atoms with van der Waals surface area (Å²) in [6.45, 7) is -1.52. The molecule has 19 heavy (non-hydrogen) atoms. The number of hydrogen-bond acceptors (Lipinski definition) is 2. The molecule has 108 valence electrons. The quantitative estimate of drug-likeness (QED) is 0.643. The van der Waals surface area contributed by atoms with Gasteiger partial charge in [0.1, 0.15) is 18.2 Å². The van der Waals surface area contributed by atoms with Gasteiger partial charge in [-0.1, -0.05) is 0 Å². The summed E-state index contributed by atoms with van der Waals surface area (Å²) in [6.07, 6.45) is -4.20. The zero-order chi connectivity index (χ0) is 14.5. The molecule has 1 unspecified atom stereocenters. The Morgan fingerprint density at radius 3 is 2.53 bits per heavy atom. The summed E-state index contributed by atoms with van der Waals surface area (Å²) in [6, 6.07) is 2.39. The lowest BCUT2D eigenvalue weighted by Gasteiger charge is -2.13. The molecule has 0 aliphatic carbocycles. The van der Waals surface area contributed by atoms with Crippen molar-refractivity contribution in [3.05, 3.63) is 35.4 Å². The lowest BCUT2D eigenvalue weighted by atomic mass is 10.0. The molecule has 0 aliphatic heterocycles. The van der Waals surface area contributed by atoms with Gasteiger partial charge in [-0.15, -0.1) is 0 Å². The maximum Gasteiger partial charge on any atom is 0.411 e. The number of rotatable bonds is 6. The van der Waals surface area contributed by atoms with Crippen LogP contribution < -0.4 is 5.73 Å². The molecule has 1 atom stereocenters. The van der Waals surface area contributed by atoms with Gasteiger partial charge in [-0.25, -0.2) is 8.78 Å². The molecule has 0 heterocycles. The second-order valence-electron chi connectivity index (χ2n) is 4.16. The number of ether oxygens (including phenoxy) is 1. The minimum atomic E-state index is -4.38. The minimum absolute atomic E-state index is 0.0406. The third kappa shape index (κ3) is 6.49. The van der Waals surface area contributed by atoms with Crippen LogP contribution in [-0.2, 0) is 11.2 Å². The van der Waals surface area contributed by atoms with Gasteiger partial charge in [-0.05, 0) is 36.6 Å². The number of benzene rings is 1. The van der Waals surface area contributed by atoms with Crippen LogP contribution in [0.4, 0.5) is 22.0 Å². The van der Waals surface area contributed by atoms with E-state index in [1.54, 1.807) is 0 Å². The van der Waals surface area contributed by atoms with Gasteiger partial charge >= 0.3 is 6.18 Å². The molecule has 0 bridgehead atoms. The van der Waals surface area contributed by atoms with Gasteiger partial charge in [0.2, 0.25) is 0 Å².